The molecule has 0 fully saturated rings. The third-order valence-corrected chi connectivity index (χ3v) is 4.19. The molecular formula is C18H14BrN3O5. The summed E-state index contributed by atoms with van der Waals surface area (Å²) >= 11 is 3.30. The topological polar surface area (TPSA) is 103 Å². The van der Waals surface area contributed by atoms with Crippen LogP contribution in [0, 0.1) is 0 Å². The Kier molecular flexibility index (Phi) is 5.22. The Morgan fingerprint density at radius 3 is 2.70 bits per heavy atom. The molecule has 3 rings (SSSR count). The Balaban J connectivity index is 2.05. The molecule has 8 nitrogen and oxygen atoms in total. The molecule has 138 valence electrons. The number of ether oxygens (including phenoxy) is 2. The maximum atomic E-state index is 12.5. The number of carbonyl (C=O) groups excluding carboxylic acids is 1. The van der Waals surface area contributed by atoms with E-state index in [-0.39, 0.29) is 5.75 Å². The van der Waals surface area contributed by atoms with Gasteiger partial charge in [-0.25, -0.2) is 4.79 Å². The summed E-state index contributed by atoms with van der Waals surface area (Å²) < 4.78 is 11.5. The normalized spacial score (nSPS) is 11.1. The van der Waals surface area contributed by atoms with Gasteiger partial charge in [-0.05, 0) is 45.8 Å². The Labute approximate surface area is 161 Å². The van der Waals surface area contributed by atoms with Crippen molar-refractivity contribution in [2.24, 2.45) is 5.10 Å². The van der Waals surface area contributed by atoms with Crippen LogP contribution in [0.4, 0.5) is 0 Å². The van der Waals surface area contributed by atoms with Gasteiger partial charge in [0, 0.05) is 6.92 Å². The smallest absolute Gasteiger partial charge is 0.349 e. The zero-order valence-electron chi connectivity index (χ0n) is 14.4. The van der Waals surface area contributed by atoms with E-state index in [1.54, 1.807) is 36.4 Å². The van der Waals surface area contributed by atoms with E-state index in [4.69, 9.17) is 9.47 Å². The Morgan fingerprint density at radius 1 is 1.26 bits per heavy atom. The van der Waals surface area contributed by atoms with Crippen LogP contribution in [0.15, 0.2) is 55.6 Å². The van der Waals surface area contributed by atoms with E-state index in [2.05, 4.69) is 26.0 Å². The van der Waals surface area contributed by atoms with E-state index in [9.17, 15) is 14.4 Å². The lowest BCUT2D eigenvalue weighted by Crippen LogP contribution is -2.32. The van der Waals surface area contributed by atoms with Crippen LogP contribution < -0.4 is 20.7 Å². The predicted octanol–water partition coefficient (Wildman–Crippen LogP) is 2.27. The number of nitrogens with one attached hydrogen (secondary N) is 1. The molecule has 27 heavy (non-hydrogen) atoms. The third kappa shape index (κ3) is 3.82. The molecule has 0 aliphatic heterocycles. The largest absolute Gasteiger partial charge is 0.493 e. The first-order chi connectivity index (χ1) is 12.9. The van der Waals surface area contributed by atoms with Gasteiger partial charge in [0.25, 0.3) is 5.56 Å². The molecule has 0 radical (unpaired) electrons. The van der Waals surface area contributed by atoms with E-state index in [1.807, 2.05) is 0 Å². The number of halogens is 1. The number of para-hydroxylation sites is 1. The van der Waals surface area contributed by atoms with Crippen molar-refractivity contribution in [2.75, 3.05) is 7.11 Å². The lowest BCUT2D eigenvalue weighted by Gasteiger charge is -2.10. The average Bonchev–Trinajstić information content (AvgIpc) is 2.63. The van der Waals surface area contributed by atoms with Gasteiger partial charge in [0.05, 0.1) is 28.7 Å². The molecular weight excluding hydrogens is 418 g/mol. The summed E-state index contributed by atoms with van der Waals surface area (Å²) in [5.74, 6) is 0.0216. The number of fused-ring (bicyclic) bond motifs is 1. The van der Waals surface area contributed by atoms with E-state index in [0.29, 0.717) is 26.7 Å². The van der Waals surface area contributed by atoms with Crippen LogP contribution in [0.3, 0.4) is 0 Å². The number of carbonyl (C=O) groups is 1. The molecule has 0 aliphatic carbocycles. The van der Waals surface area contributed by atoms with Crippen LogP contribution in [0.25, 0.3) is 10.9 Å². The van der Waals surface area contributed by atoms with E-state index < -0.39 is 17.2 Å². The van der Waals surface area contributed by atoms with Gasteiger partial charge in [0.15, 0.2) is 11.5 Å². The van der Waals surface area contributed by atoms with Gasteiger partial charge in [-0.15, -0.1) is 4.68 Å². The van der Waals surface area contributed by atoms with Crippen LogP contribution in [-0.4, -0.2) is 29.0 Å². The lowest BCUT2D eigenvalue weighted by atomic mass is 10.2. The van der Waals surface area contributed by atoms with Crippen molar-refractivity contribution in [3.05, 3.63) is 67.3 Å². The van der Waals surface area contributed by atoms with Crippen molar-refractivity contribution in [2.45, 2.75) is 6.92 Å². The first kappa shape index (κ1) is 18.6. The van der Waals surface area contributed by atoms with Crippen molar-refractivity contribution in [3.63, 3.8) is 0 Å². The Bertz CT molecular complexity index is 1180. The number of aromatic nitrogens is 2. The number of methoxy groups -OCH3 is 1. The molecule has 0 saturated heterocycles. The van der Waals surface area contributed by atoms with Gasteiger partial charge >= 0.3 is 11.7 Å². The zero-order chi connectivity index (χ0) is 19.6. The highest BCUT2D eigenvalue weighted by molar-refractivity contribution is 9.10. The molecule has 0 unspecified atom stereocenters. The molecule has 1 heterocycles. The number of rotatable bonds is 4. The van der Waals surface area contributed by atoms with E-state index >= 15 is 0 Å². The zero-order valence-corrected chi connectivity index (χ0v) is 15.9. The summed E-state index contributed by atoms with van der Waals surface area (Å²) in [6.45, 7) is 1.28. The van der Waals surface area contributed by atoms with Gasteiger partial charge in [-0.1, -0.05) is 12.1 Å². The molecule has 1 aromatic heterocycles. The number of nitrogens with zero attached hydrogens (tertiary/aromatic N) is 2. The van der Waals surface area contributed by atoms with Crippen LogP contribution in [0.5, 0.6) is 11.5 Å². The molecule has 0 saturated carbocycles. The van der Waals surface area contributed by atoms with Crippen molar-refractivity contribution in [1.29, 1.82) is 0 Å². The summed E-state index contributed by atoms with van der Waals surface area (Å²) in [6, 6.07) is 9.85. The van der Waals surface area contributed by atoms with Crippen LogP contribution >= 0.6 is 15.9 Å². The van der Waals surface area contributed by atoms with Gasteiger partial charge in [-0.3, -0.25) is 9.59 Å². The number of hydrogen-bond donors (Lipinski definition) is 1. The second-order valence-corrected chi connectivity index (χ2v) is 6.32. The molecule has 9 heteroatoms. The number of hydrogen-bond acceptors (Lipinski definition) is 6. The highest BCUT2D eigenvalue weighted by Crippen LogP contribution is 2.36. The fourth-order valence-electron chi connectivity index (χ4n) is 2.44. The van der Waals surface area contributed by atoms with Crippen molar-refractivity contribution in [3.8, 4) is 11.5 Å². The monoisotopic (exact) mass is 431 g/mol. The van der Waals surface area contributed by atoms with Crippen molar-refractivity contribution < 1.29 is 14.3 Å². The molecule has 0 aliphatic rings. The molecule has 2 aromatic carbocycles. The van der Waals surface area contributed by atoms with Gasteiger partial charge in [-0.2, -0.15) is 5.10 Å². The average molecular weight is 432 g/mol. The molecule has 1 N–H and O–H groups in total. The Hall–Kier alpha value is -3.20. The first-order valence-electron chi connectivity index (χ1n) is 7.75. The highest BCUT2D eigenvalue weighted by Gasteiger charge is 2.13. The summed E-state index contributed by atoms with van der Waals surface area (Å²) in [7, 11) is 1.42. The maximum absolute atomic E-state index is 12.5. The summed E-state index contributed by atoms with van der Waals surface area (Å²) in [5, 5.41) is 4.33. The predicted molar refractivity (Wildman–Crippen MR) is 104 cm³/mol. The Morgan fingerprint density at radius 2 is 2.00 bits per heavy atom. The molecule has 0 atom stereocenters. The minimum atomic E-state index is -0.655. The van der Waals surface area contributed by atoms with Crippen LogP contribution in [-0.2, 0) is 4.79 Å². The standard InChI is InChI=1S/C18H14BrN3O5/c1-10(23)27-16-13(19)7-11(8-15(16)26-2)9-20-22-17(24)12-5-3-4-6-14(12)21-18(22)25/h3-9H,1-2H3,(H,21,25). The van der Waals surface area contributed by atoms with E-state index in [1.165, 1.54) is 20.2 Å². The quantitative estimate of drug-likeness (QED) is 0.387. The second-order valence-electron chi connectivity index (χ2n) is 5.47. The third-order valence-electron chi connectivity index (χ3n) is 3.60. The van der Waals surface area contributed by atoms with Gasteiger partial charge in [0.1, 0.15) is 0 Å². The second kappa shape index (κ2) is 7.58. The maximum Gasteiger partial charge on any atom is 0.349 e. The highest BCUT2D eigenvalue weighted by atomic mass is 79.9. The van der Waals surface area contributed by atoms with Gasteiger partial charge < -0.3 is 14.5 Å². The summed E-state index contributed by atoms with van der Waals surface area (Å²) in [4.78, 5) is 38.4. The fraction of sp³-hybridized carbons (Fsp3) is 0.111. The van der Waals surface area contributed by atoms with Crippen LogP contribution in [0.2, 0.25) is 0 Å². The minimum absolute atomic E-state index is 0.225. The molecule has 0 bridgehead atoms. The minimum Gasteiger partial charge on any atom is -0.493 e. The van der Waals surface area contributed by atoms with E-state index in [0.717, 1.165) is 4.68 Å². The number of aromatic amines is 1. The summed E-state index contributed by atoms with van der Waals surface area (Å²) in [6.07, 6.45) is 1.33. The number of H-pyrrole nitrogens is 1. The summed E-state index contributed by atoms with van der Waals surface area (Å²) in [5.41, 5.74) is -0.228. The molecule has 3 aromatic rings. The number of benzene rings is 2. The molecule has 0 spiro atoms. The number of esters is 1. The van der Waals surface area contributed by atoms with Gasteiger partial charge in [0.2, 0.25) is 0 Å². The van der Waals surface area contributed by atoms with Crippen molar-refractivity contribution in [1.82, 2.24) is 9.66 Å². The SMILES string of the molecule is COc1cc(C=Nn2c(=O)[nH]c3ccccc3c2=O)cc(Br)c1OC(C)=O. The molecule has 0 amide bonds. The first-order valence-corrected chi connectivity index (χ1v) is 8.54. The lowest BCUT2D eigenvalue weighted by molar-refractivity contribution is -0.132. The van der Waals surface area contributed by atoms with Crippen molar-refractivity contribution >= 4 is 39.0 Å². The van der Waals surface area contributed by atoms with Crippen LogP contribution in [0.1, 0.15) is 12.5 Å². The fourth-order valence-corrected chi connectivity index (χ4v) is 2.98.